The predicted molar refractivity (Wildman–Crippen MR) is 82.0 cm³/mol. The van der Waals surface area contributed by atoms with Gasteiger partial charge in [0.2, 0.25) is 11.1 Å². The van der Waals surface area contributed by atoms with Crippen LogP contribution in [0.1, 0.15) is 5.56 Å². The number of nitrogens with zero attached hydrogens (tertiary/aromatic N) is 3. The van der Waals surface area contributed by atoms with Gasteiger partial charge in [-0.15, -0.1) is 5.10 Å². The highest BCUT2D eigenvalue weighted by Gasteiger charge is 2.10. The van der Waals surface area contributed by atoms with E-state index in [2.05, 4.69) is 15.5 Å². The van der Waals surface area contributed by atoms with Crippen LogP contribution in [0.25, 0.3) is 0 Å². The molecule has 110 valence electrons. The fourth-order valence-corrected chi connectivity index (χ4v) is 2.33. The Morgan fingerprint density at radius 3 is 3.05 bits per heavy atom. The fraction of sp³-hybridized carbons (Fsp3) is 0.167. The number of halogens is 1. The van der Waals surface area contributed by atoms with Crippen molar-refractivity contribution in [1.82, 2.24) is 14.9 Å². The zero-order valence-corrected chi connectivity index (χ0v) is 12.6. The number of rotatable bonds is 4. The molecule has 0 saturated carbocycles. The van der Waals surface area contributed by atoms with Crippen LogP contribution in [-0.2, 0) is 4.79 Å². The van der Waals surface area contributed by atoms with Gasteiger partial charge in [-0.2, -0.15) is 9.77 Å². The van der Waals surface area contributed by atoms with Crippen molar-refractivity contribution in [3.8, 4) is 0 Å². The van der Waals surface area contributed by atoms with Gasteiger partial charge in [0, 0.05) is 0 Å². The molecular weight excluding hydrogens is 314 g/mol. The molecule has 1 aromatic heterocycles. The molecule has 0 radical (unpaired) electrons. The van der Waals surface area contributed by atoms with Gasteiger partial charge in [-0.3, -0.25) is 9.59 Å². The van der Waals surface area contributed by atoms with Crippen LogP contribution in [0, 0.1) is 6.92 Å². The molecule has 1 aromatic carbocycles. The van der Waals surface area contributed by atoms with Crippen LogP contribution in [0.3, 0.4) is 0 Å². The summed E-state index contributed by atoms with van der Waals surface area (Å²) in [6.07, 6.45) is 0.997. The fourth-order valence-electron chi connectivity index (χ4n) is 1.49. The quantitative estimate of drug-likeness (QED) is 0.643. The first-order chi connectivity index (χ1) is 9.99. The van der Waals surface area contributed by atoms with Crippen molar-refractivity contribution in [1.29, 1.82) is 0 Å². The van der Waals surface area contributed by atoms with Crippen molar-refractivity contribution >= 4 is 35.0 Å². The summed E-state index contributed by atoms with van der Waals surface area (Å²) in [6.45, 7) is 1.85. The molecule has 0 saturated heterocycles. The molecule has 9 heteroatoms. The van der Waals surface area contributed by atoms with Crippen LogP contribution in [-0.4, -0.2) is 26.5 Å². The third kappa shape index (κ3) is 3.73. The lowest BCUT2D eigenvalue weighted by Gasteiger charge is -2.09. The maximum Gasteiger partial charge on any atom is 0.291 e. The van der Waals surface area contributed by atoms with Crippen LogP contribution in [0.4, 0.5) is 5.69 Å². The summed E-state index contributed by atoms with van der Waals surface area (Å²) in [7, 11) is 0. The summed E-state index contributed by atoms with van der Waals surface area (Å²) in [6, 6.07) is 5.35. The molecule has 0 bridgehead atoms. The average molecular weight is 326 g/mol. The molecule has 0 atom stereocenters. The summed E-state index contributed by atoms with van der Waals surface area (Å²) >= 11 is 7.10. The molecule has 0 aliphatic heterocycles. The van der Waals surface area contributed by atoms with Crippen molar-refractivity contribution in [3.63, 3.8) is 0 Å². The number of nitrogen functional groups attached to an aromatic ring is 1. The molecule has 1 amide bonds. The third-order valence-corrected chi connectivity index (χ3v) is 4.00. The molecule has 21 heavy (non-hydrogen) atoms. The zero-order valence-electron chi connectivity index (χ0n) is 11.0. The molecule has 1 heterocycles. The maximum absolute atomic E-state index is 11.9. The van der Waals surface area contributed by atoms with Crippen molar-refractivity contribution in [3.05, 3.63) is 45.3 Å². The van der Waals surface area contributed by atoms with Crippen LogP contribution in [0.5, 0.6) is 0 Å². The molecule has 3 N–H and O–H groups in total. The number of amides is 1. The van der Waals surface area contributed by atoms with Crippen LogP contribution >= 0.6 is 23.4 Å². The molecular formula is C12H12ClN5O2S. The highest BCUT2D eigenvalue weighted by molar-refractivity contribution is 7.99. The highest BCUT2D eigenvalue weighted by atomic mass is 35.5. The van der Waals surface area contributed by atoms with Crippen LogP contribution in [0.2, 0.25) is 5.02 Å². The van der Waals surface area contributed by atoms with Gasteiger partial charge in [0.15, 0.2) is 0 Å². The minimum atomic E-state index is -0.491. The van der Waals surface area contributed by atoms with Gasteiger partial charge >= 0.3 is 0 Å². The van der Waals surface area contributed by atoms with Gasteiger partial charge in [0.1, 0.15) is 6.20 Å². The Labute approximate surface area is 129 Å². The first-order valence-electron chi connectivity index (χ1n) is 5.86. The Morgan fingerprint density at radius 2 is 2.29 bits per heavy atom. The smallest absolute Gasteiger partial charge is 0.291 e. The number of carbonyl (C=O) groups excluding carboxylic acids is 1. The van der Waals surface area contributed by atoms with Crippen molar-refractivity contribution in [2.45, 2.75) is 12.1 Å². The predicted octanol–water partition coefficient (Wildman–Crippen LogP) is 1.04. The van der Waals surface area contributed by atoms with E-state index in [1.54, 1.807) is 12.1 Å². The van der Waals surface area contributed by atoms with E-state index in [9.17, 15) is 9.59 Å². The lowest BCUT2D eigenvalue weighted by atomic mass is 10.2. The second-order valence-electron chi connectivity index (χ2n) is 4.11. The standard InChI is InChI=1S/C12H12ClN5O2S/c1-7-3-2-4-8(11(7)13)16-9(19)6-21-12-17-15-5-10(20)18(12)14/h2-5H,6,14H2,1H3,(H,16,19). The number of nitrogens with one attached hydrogen (secondary N) is 1. The van der Waals surface area contributed by atoms with E-state index in [-0.39, 0.29) is 16.8 Å². The zero-order chi connectivity index (χ0) is 15.4. The molecule has 0 fully saturated rings. The summed E-state index contributed by atoms with van der Waals surface area (Å²) in [4.78, 5) is 23.1. The number of carbonyl (C=O) groups is 1. The van der Waals surface area contributed by atoms with Crippen molar-refractivity contribution in [2.75, 3.05) is 16.9 Å². The molecule has 2 aromatic rings. The van der Waals surface area contributed by atoms with Crippen LogP contribution < -0.4 is 16.7 Å². The first-order valence-corrected chi connectivity index (χ1v) is 7.23. The Balaban J connectivity index is 2.01. The van der Waals surface area contributed by atoms with Gasteiger partial charge < -0.3 is 11.2 Å². The van der Waals surface area contributed by atoms with E-state index in [0.717, 1.165) is 28.2 Å². The molecule has 7 nitrogen and oxygen atoms in total. The van der Waals surface area contributed by atoms with Gasteiger partial charge in [-0.1, -0.05) is 35.5 Å². The highest BCUT2D eigenvalue weighted by Crippen LogP contribution is 2.25. The Hall–Kier alpha value is -2.06. The Kier molecular flexibility index (Phi) is 4.81. The van der Waals surface area contributed by atoms with Gasteiger partial charge in [0.25, 0.3) is 5.56 Å². The average Bonchev–Trinajstić information content (AvgIpc) is 2.45. The SMILES string of the molecule is Cc1cccc(NC(=O)CSc2nncc(=O)n2N)c1Cl. The number of benzene rings is 1. The normalized spacial score (nSPS) is 10.4. The minimum absolute atomic E-state index is 0.0274. The monoisotopic (exact) mass is 325 g/mol. The first kappa shape index (κ1) is 15.3. The molecule has 0 spiro atoms. The van der Waals surface area contributed by atoms with E-state index in [1.165, 1.54) is 0 Å². The van der Waals surface area contributed by atoms with E-state index in [1.807, 2.05) is 13.0 Å². The lowest BCUT2D eigenvalue weighted by Crippen LogP contribution is -2.30. The molecule has 2 rings (SSSR count). The number of thioether (sulfide) groups is 1. The summed E-state index contributed by atoms with van der Waals surface area (Å²) in [5.41, 5.74) is 0.910. The molecule has 0 unspecified atom stereocenters. The number of hydrogen-bond donors (Lipinski definition) is 2. The van der Waals surface area contributed by atoms with Crippen molar-refractivity contribution in [2.24, 2.45) is 0 Å². The second-order valence-corrected chi connectivity index (χ2v) is 5.43. The lowest BCUT2D eigenvalue weighted by molar-refractivity contribution is -0.113. The largest absolute Gasteiger partial charge is 0.334 e. The minimum Gasteiger partial charge on any atom is -0.334 e. The molecule has 0 aliphatic rings. The second kappa shape index (κ2) is 6.59. The number of anilines is 1. The summed E-state index contributed by atoms with van der Waals surface area (Å²) in [5.74, 6) is 5.23. The van der Waals surface area contributed by atoms with Gasteiger partial charge in [-0.05, 0) is 18.6 Å². The van der Waals surface area contributed by atoms with Gasteiger partial charge in [-0.25, -0.2) is 0 Å². The van der Waals surface area contributed by atoms with E-state index < -0.39 is 5.56 Å². The summed E-state index contributed by atoms with van der Waals surface area (Å²) < 4.78 is 0.838. The Bertz CT molecular complexity index is 734. The van der Waals surface area contributed by atoms with Crippen molar-refractivity contribution < 1.29 is 4.79 Å². The van der Waals surface area contributed by atoms with Gasteiger partial charge in [0.05, 0.1) is 16.5 Å². The van der Waals surface area contributed by atoms with E-state index in [0.29, 0.717) is 10.7 Å². The number of hydrogen-bond acceptors (Lipinski definition) is 6. The number of aryl methyl sites for hydroxylation is 1. The van der Waals surface area contributed by atoms with E-state index in [4.69, 9.17) is 17.4 Å². The topological polar surface area (TPSA) is 103 Å². The third-order valence-electron chi connectivity index (χ3n) is 2.55. The Morgan fingerprint density at radius 1 is 1.52 bits per heavy atom. The summed E-state index contributed by atoms with van der Waals surface area (Å²) in [5, 5.41) is 10.5. The maximum atomic E-state index is 11.9. The number of nitrogens with two attached hydrogens (primary N) is 1. The van der Waals surface area contributed by atoms with Crippen LogP contribution in [0.15, 0.2) is 34.3 Å². The number of aromatic nitrogens is 3. The van der Waals surface area contributed by atoms with E-state index >= 15 is 0 Å². The molecule has 0 aliphatic carbocycles.